The van der Waals surface area contributed by atoms with E-state index in [1.807, 2.05) is 0 Å². The maximum atomic E-state index is 6.60. The van der Waals surface area contributed by atoms with Crippen molar-refractivity contribution in [1.82, 2.24) is 10.6 Å². The van der Waals surface area contributed by atoms with E-state index in [-0.39, 0.29) is 59.4 Å². The molecule has 4 nitrogen and oxygen atoms in total. The molecule has 85 heavy (non-hydrogen) atoms. The second kappa shape index (κ2) is 44.7. The number of allylic oxidation sites excluding steroid dienone is 1. The average Bonchev–Trinajstić information content (AvgIpc) is 4.39. The van der Waals surface area contributed by atoms with Crippen LogP contribution in [0.5, 0.6) is 0 Å². The van der Waals surface area contributed by atoms with Gasteiger partial charge in [0.25, 0.3) is 0 Å². The van der Waals surface area contributed by atoms with Crippen LogP contribution in [0.25, 0.3) is 0 Å². The van der Waals surface area contributed by atoms with Gasteiger partial charge in [-0.05, 0) is 61.0 Å². The second-order valence-electron chi connectivity index (χ2n) is 20.0. The molecule has 2 atom stereocenters. The molecule has 1 aliphatic carbocycles. The normalized spacial score (nSPS) is 12.0. The maximum absolute atomic E-state index is 6.60. The van der Waals surface area contributed by atoms with Crippen LogP contribution in [0.4, 0.5) is 0 Å². The fraction of sp³-hybridized carbons (Fsp3) is 0.194. The van der Waals surface area contributed by atoms with Gasteiger partial charge in [-0.15, -0.1) is 12.8 Å². The van der Waals surface area contributed by atoms with Gasteiger partial charge in [0.2, 0.25) is 0 Å². The number of nitrogens with one attached hydrogen (secondary N) is 2. The predicted molar refractivity (Wildman–Crippen MR) is 360 cm³/mol. The molecule has 13 heteroatoms. The van der Waals surface area contributed by atoms with Gasteiger partial charge in [0.15, 0.2) is 0 Å². The number of hydrogen-bond donors (Lipinski definition) is 2. The summed E-state index contributed by atoms with van der Waals surface area (Å²) in [5.74, 6) is 2.60. The third-order valence-electron chi connectivity index (χ3n) is 13.2. The predicted octanol–water partition coefficient (Wildman–Crippen LogP) is 19.2. The first-order chi connectivity index (χ1) is 41.0. The van der Waals surface area contributed by atoms with E-state index in [4.69, 9.17) is 47.8 Å². The Morgan fingerprint density at radius 1 is 0.447 bits per heavy atom. The summed E-state index contributed by atoms with van der Waals surface area (Å²) in [6.45, 7) is 16.0. The standard InChI is InChI=1S/2C26H25NOP.2C10H14.4ClH.Fe.2Ru/c2*1-4-14-23(15-5-1)26(27-20-22-12-10-11-13-22)21-28-29(24-16-6-2-7-17-24)25-18-8-3-9-19-25;2*1-8(2)10-6-4-9(3)5-7-10;;;;;;;/h2*1-19,26-27H,20-21H2;2*4-8H,1-3H3;4*1H;;;/q2*-1;;;;;;;3*+2/p-4/t2*26-;;;;;;;;;/m11........./s1. The van der Waals surface area contributed by atoms with E-state index in [2.05, 4.69) is 332 Å². The Bertz CT molecular complexity index is 2920. The van der Waals surface area contributed by atoms with Gasteiger partial charge in [-0.25, -0.2) is 30.2 Å². The van der Waals surface area contributed by atoms with Crippen molar-refractivity contribution in [2.75, 3.05) is 19.8 Å². The van der Waals surface area contributed by atoms with Crippen molar-refractivity contribution in [3.8, 4) is 0 Å². The molecule has 450 valence electrons. The molecule has 9 aromatic carbocycles. The van der Waals surface area contributed by atoms with Crippen LogP contribution in [0, 0.1) is 32.6 Å². The fourth-order valence-electron chi connectivity index (χ4n) is 8.51. The molecular weight excluding hydrogens is 1390 g/mol. The zero-order valence-corrected chi connectivity index (χ0v) is 58.4. The Morgan fingerprint density at radius 2 is 0.788 bits per heavy atom. The van der Waals surface area contributed by atoms with E-state index in [1.54, 1.807) is 0 Å². The first kappa shape index (κ1) is 73.8. The first-order valence-electron chi connectivity index (χ1n) is 27.9. The Kier molecular flexibility index (Phi) is 38.8. The molecule has 0 unspecified atom stereocenters. The van der Waals surface area contributed by atoms with Crippen LogP contribution < -0.4 is 31.9 Å². The van der Waals surface area contributed by atoms with E-state index in [0.717, 1.165) is 13.1 Å². The molecule has 2 N–H and O–H groups in total. The van der Waals surface area contributed by atoms with Gasteiger partial charge in [-0.1, -0.05) is 269 Å². The summed E-state index contributed by atoms with van der Waals surface area (Å²) in [7, 11) is 17.7. The molecule has 0 aromatic heterocycles. The summed E-state index contributed by atoms with van der Waals surface area (Å²) < 4.78 is 13.2. The monoisotopic (exact) mass is 1460 g/mol. The van der Waals surface area contributed by atoms with Crippen LogP contribution in [0.1, 0.15) is 90.6 Å². The molecule has 0 heterocycles. The van der Waals surface area contributed by atoms with Crippen LogP contribution >= 0.6 is 55.1 Å². The molecule has 0 spiro atoms. The van der Waals surface area contributed by atoms with Gasteiger partial charge in [-0.2, -0.15) is 17.7 Å². The number of benzene rings is 8. The Labute approximate surface area is 554 Å². The second-order valence-corrected chi connectivity index (χ2v) is 29.1. The van der Waals surface area contributed by atoms with Gasteiger partial charge < -0.3 is 19.7 Å². The molecule has 0 fully saturated rings. The number of aryl methyl sites for hydroxylation is 2. The SMILES string of the molecule is Cc1ccc(C(C)C)cc1.Cc1ccc(C(C)C)cc1.[CH]1[CH][C-](CN[C@H](COP(c2ccccc2)c2ccccc2)c2ccccc2)C=C1.[Cl][Ru][Cl].[Cl][Ru][Cl].[Fe+2].c1ccc([C@@H](COP(c2ccccc2)c2ccccc2)NCc2ccc[cH-]2)cc1. The van der Waals surface area contributed by atoms with Crippen LogP contribution in [-0.4, -0.2) is 19.8 Å². The topological polar surface area (TPSA) is 42.5 Å². The van der Waals surface area contributed by atoms with Crippen molar-refractivity contribution in [2.24, 2.45) is 0 Å². The van der Waals surface area contributed by atoms with E-state index in [0.29, 0.717) is 25.0 Å². The van der Waals surface area contributed by atoms with E-state index >= 15 is 0 Å². The van der Waals surface area contributed by atoms with E-state index in [1.165, 1.54) is 66.1 Å². The molecule has 9 aromatic rings. The minimum absolute atomic E-state index is 0. The van der Waals surface area contributed by atoms with Crippen LogP contribution in [-0.2, 0) is 63.0 Å². The van der Waals surface area contributed by atoms with Crippen molar-refractivity contribution < 1.29 is 56.4 Å². The maximum Gasteiger partial charge on any atom is 2.00 e. The van der Waals surface area contributed by atoms with Gasteiger partial charge in [-0.3, -0.25) is 0 Å². The minimum Gasteiger partial charge on any atom is -0.348 e. The van der Waals surface area contributed by atoms with Crippen LogP contribution in [0.15, 0.2) is 267 Å². The van der Waals surface area contributed by atoms with Crippen molar-refractivity contribution in [3.63, 3.8) is 0 Å². The fourth-order valence-corrected chi connectivity index (χ4v) is 12.1. The Morgan fingerprint density at radius 3 is 1.09 bits per heavy atom. The largest absolute Gasteiger partial charge is 2.00 e. The van der Waals surface area contributed by atoms with Gasteiger partial charge in [0, 0.05) is 21.2 Å². The van der Waals surface area contributed by atoms with Crippen LogP contribution in [0.2, 0.25) is 0 Å². The number of halogens is 4. The summed E-state index contributed by atoms with van der Waals surface area (Å²) in [6.07, 6.45) is 8.46. The summed E-state index contributed by atoms with van der Waals surface area (Å²) in [6, 6.07) is 89.4. The first-order valence-corrected chi connectivity index (χ1v) is 39.4. The van der Waals surface area contributed by atoms with Gasteiger partial charge >= 0.3 is 86.1 Å². The molecule has 1 aliphatic rings. The Balaban J connectivity index is 0.000000257. The molecule has 0 bridgehead atoms. The number of rotatable bonds is 20. The van der Waals surface area contributed by atoms with Crippen molar-refractivity contribution in [2.45, 2.75) is 72.0 Å². The minimum atomic E-state index is -0.869. The summed E-state index contributed by atoms with van der Waals surface area (Å²) in [5, 5.41) is 12.3. The molecule has 2 radical (unpaired) electrons. The van der Waals surface area contributed by atoms with E-state index in [9.17, 15) is 0 Å². The molecule has 0 aliphatic heterocycles. The van der Waals surface area contributed by atoms with Crippen LogP contribution in [0.3, 0.4) is 0 Å². The Hall–Kier alpha value is -3.65. The van der Waals surface area contributed by atoms with Crippen molar-refractivity contribution >= 4 is 76.3 Å². The average molecular weight is 1470 g/mol. The zero-order valence-electron chi connectivity index (χ0n) is 49.0. The van der Waals surface area contributed by atoms with E-state index < -0.39 is 16.3 Å². The third-order valence-corrected chi connectivity index (χ3v) is 17.0. The number of hydrogen-bond acceptors (Lipinski definition) is 4. The quantitative estimate of drug-likeness (QED) is 0.0453. The van der Waals surface area contributed by atoms with Crippen molar-refractivity contribution in [1.29, 1.82) is 0 Å². The third kappa shape index (κ3) is 29.0. The summed E-state index contributed by atoms with van der Waals surface area (Å²) >= 11 is -0.691. The molecular formula is C72H78Cl4FeN2O2P2Ru2. The van der Waals surface area contributed by atoms with Gasteiger partial charge in [0.05, 0.1) is 41.6 Å². The van der Waals surface area contributed by atoms with Gasteiger partial charge in [0.1, 0.15) is 0 Å². The molecule has 0 saturated heterocycles. The van der Waals surface area contributed by atoms with Crippen molar-refractivity contribution in [3.05, 3.63) is 325 Å². The smallest absolute Gasteiger partial charge is 0.348 e. The summed E-state index contributed by atoms with van der Waals surface area (Å²) in [4.78, 5) is 0. The molecule has 0 amide bonds. The molecule has 0 saturated carbocycles. The summed E-state index contributed by atoms with van der Waals surface area (Å²) in [5.41, 5.74) is 9.30. The zero-order chi connectivity index (χ0) is 60.0. The molecule has 10 rings (SSSR count).